The molecule has 0 saturated heterocycles. The highest BCUT2D eigenvalue weighted by atomic mass is 16.5. The third-order valence-electron chi connectivity index (χ3n) is 3.74. The van der Waals surface area contributed by atoms with Gasteiger partial charge in [0.2, 0.25) is 0 Å². The first-order valence-electron chi connectivity index (χ1n) is 7.37. The molecule has 1 heterocycles. The smallest absolute Gasteiger partial charge is 0.323 e. The van der Waals surface area contributed by atoms with Crippen LogP contribution < -0.4 is 5.73 Å². The number of hydrogen-bond donors (Lipinski definition) is 1. The SMILES string of the molecule is CCC(C)OC(=O)C(N)CCN1C(=O)c2ccccc2C1=O. The number of benzene rings is 1. The van der Waals surface area contributed by atoms with E-state index in [1.807, 2.05) is 6.92 Å². The van der Waals surface area contributed by atoms with Gasteiger partial charge in [-0.3, -0.25) is 19.3 Å². The summed E-state index contributed by atoms with van der Waals surface area (Å²) in [5.74, 6) is -1.20. The molecule has 1 aromatic rings. The average Bonchev–Trinajstić information content (AvgIpc) is 2.76. The van der Waals surface area contributed by atoms with Gasteiger partial charge >= 0.3 is 5.97 Å². The van der Waals surface area contributed by atoms with Crippen molar-refractivity contribution in [1.82, 2.24) is 4.90 Å². The summed E-state index contributed by atoms with van der Waals surface area (Å²) in [5, 5.41) is 0. The van der Waals surface area contributed by atoms with Gasteiger partial charge in [0.1, 0.15) is 6.04 Å². The molecule has 118 valence electrons. The molecule has 0 bridgehead atoms. The Morgan fingerprint density at radius 1 is 1.23 bits per heavy atom. The van der Waals surface area contributed by atoms with Gasteiger partial charge in [0.05, 0.1) is 17.2 Å². The zero-order valence-electron chi connectivity index (χ0n) is 12.7. The van der Waals surface area contributed by atoms with E-state index in [2.05, 4.69) is 0 Å². The molecular weight excluding hydrogens is 284 g/mol. The van der Waals surface area contributed by atoms with Crippen LogP contribution in [0.2, 0.25) is 0 Å². The minimum absolute atomic E-state index is 0.100. The van der Waals surface area contributed by atoms with Gasteiger partial charge < -0.3 is 10.5 Å². The molecule has 22 heavy (non-hydrogen) atoms. The summed E-state index contributed by atoms with van der Waals surface area (Å²) in [6.45, 7) is 3.79. The van der Waals surface area contributed by atoms with Crippen LogP contribution in [0.4, 0.5) is 0 Å². The van der Waals surface area contributed by atoms with E-state index in [0.29, 0.717) is 17.5 Å². The normalized spacial score (nSPS) is 16.4. The molecule has 1 aromatic carbocycles. The molecule has 0 fully saturated rings. The van der Waals surface area contributed by atoms with Crippen molar-refractivity contribution in [2.24, 2.45) is 5.73 Å². The van der Waals surface area contributed by atoms with E-state index in [9.17, 15) is 14.4 Å². The van der Waals surface area contributed by atoms with Crippen LogP contribution in [-0.2, 0) is 9.53 Å². The standard InChI is InChI=1S/C16H20N2O4/c1-3-10(2)22-16(21)13(17)8-9-18-14(19)11-6-4-5-7-12(11)15(18)20/h4-7,10,13H,3,8-9,17H2,1-2H3. The molecule has 0 radical (unpaired) electrons. The topological polar surface area (TPSA) is 89.7 Å². The summed E-state index contributed by atoms with van der Waals surface area (Å²) in [7, 11) is 0. The second kappa shape index (κ2) is 6.70. The van der Waals surface area contributed by atoms with E-state index >= 15 is 0 Å². The number of hydrogen-bond acceptors (Lipinski definition) is 5. The molecule has 2 N–H and O–H groups in total. The molecule has 1 aliphatic rings. The van der Waals surface area contributed by atoms with Crippen LogP contribution in [0, 0.1) is 0 Å². The lowest BCUT2D eigenvalue weighted by Gasteiger charge is -2.18. The monoisotopic (exact) mass is 304 g/mol. The molecule has 2 rings (SSSR count). The maximum absolute atomic E-state index is 12.2. The lowest BCUT2D eigenvalue weighted by molar-refractivity contribution is -0.150. The van der Waals surface area contributed by atoms with Gasteiger partial charge in [0, 0.05) is 6.54 Å². The van der Waals surface area contributed by atoms with E-state index in [4.69, 9.17) is 10.5 Å². The van der Waals surface area contributed by atoms with Gasteiger partial charge in [-0.15, -0.1) is 0 Å². The summed E-state index contributed by atoms with van der Waals surface area (Å²) in [4.78, 5) is 37.2. The van der Waals surface area contributed by atoms with Gasteiger partial charge in [-0.2, -0.15) is 0 Å². The fourth-order valence-corrected chi connectivity index (χ4v) is 2.20. The Hall–Kier alpha value is -2.21. The van der Waals surface area contributed by atoms with Crippen LogP contribution in [0.15, 0.2) is 24.3 Å². The summed E-state index contributed by atoms with van der Waals surface area (Å²) >= 11 is 0. The number of ether oxygens (including phenoxy) is 1. The number of nitrogens with zero attached hydrogens (tertiary/aromatic N) is 1. The van der Waals surface area contributed by atoms with Crippen molar-refractivity contribution in [3.05, 3.63) is 35.4 Å². The minimum atomic E-state index is -0.849. The Labute approximate surface area is 129 Å². The number of carbonyl (C=O) groups excluding carboxylic acids is 3. The molecule has 0 aliphatic carbocycles. The third kappa shape index (κ3) is 3.17. The Balaban J connectivity index is 1.94. The first-order valence-corrected chi connectivity index (χ1v) is 7.37. The summed E-state index contributed by atoms with van der Waals surface area (Å²) < 4.78 is 5.14. The fourth-order valence-electron chi connectivity index (χ4n) is 2.20. The quantitative estimate of drug-likeness (QED) is 0.633. The molecular formula is C16H20N2O4. The largest absolute Gasteiger partial charge is 0.462 e. The highest BCUT2D eigenvalue weighted by Crippen LogP contribution is 2.22. The lowest BCUT2D eigenvalue weighted by Crippen LogP contribution is -2.39. The van der Waals surface area contributed by atoms with Crippen molar-refractivity contribution < 1.29 is 19.1 Å². The zero-order chi connectivity index (χ0) is 16.3. The van der Waals surface area contributed by atoms with Crippen LogP contribution in [0.3, 0.4) is 0 Å². The van der Waals surface area contributed by atoms with E-state index in [-0.39, 0.29) is 30.9 Å². The molecule has 2 atom stereocenters. The summed E-state index contributed by atoms with van der Waals surface area (Å²) in [6.07, 6.45) is 0.690. The molecule has 0 aromatic heterocycles. The number of nitrogens with two attached hydrogens (primary N) is 1. The number of rotatable bonds is 6. The van der Waals surface area contributed by atoms with Crippen LogP contribution in [-0.4, -0.2) is 41.4 Å². The Bertz CT molecular complexity index is 565. The Morgan fingerprint density at radius 2 is 1.77 bits per heavy atom. The number of carbonyl (C=O) groups is 3. The van der Waals surface area contributed by atoms with E-state index < -0.39 is 12.0 Å². The molecule has 0 spiro atoms. The van der Waals surface area contributed by atoms with Gasteiger partial charge in [0.25, 0.3) is 11.8 Å². The fraction of sp³-hybridized carbons (Fsp3) is 0.438. The zero-order valence-corrected chi connectivity index (χ0v) is 12.7. The number of esters is 1. The van der Waals surface area contributed by atoms with Gasteiger partial charge in [-0.25, -0.2) is 0 Å². The molecule has 2 unspecified atom stereocenters. The van der Waals surface area contributed by atoms with E-state index in [1.165, 1.54) is 0 Å². The highest BCUT2D eigenvalue weighted by Gasteiger charge is 2.35. The van der Waals surface area contributed by atoms with Crippen molar-refractivity contribution in [2.75, 3.05) is 6.54 Å². The predicted molar refractivity (Wildman–Crippen MR) is 80.2 cm³/mol. The first kappa shape index (κ1) is 16.2. The molecule has 6 heteroatoms. The second-order valence-electron chi connectivity index (χ2n) is 5.36. The number of fused-ring (bicyclic) bond motifs is 1. The molecule has 1 aliphatic heterocycles. The van der Waals surface area contributed by atoms with Crippen molar-refractivity contribution in [2.45, 2.75) is 38.8 Å². The maximum atomic E-state index is 12.2. The lowest BCUT2D eigenvalue weighted by atomic mass is 10.1. The Kier molecular flexibility index (Phi) is 4.92. The number of amides is 2. The van der Waals surface area contributed by atoms with E-state index in [1.54, 1.807) is 31.2 Å². The van der Waals surface area contributed by atoms with Gasteiger partial charge in [-0.05, 0) is 31.9 Å². The maximum Gasteiger partial charge on any atom is 0.323 e. The van der Waals surface area contributed by atoms with Crippen molar-refractivity contribution in [3.63, 3.8) is 0 Å². The van der Waals surface area contributed by atoms with Crippen LogP contribution in [0.25, 0.3) is 0 Å². The minimum Gasteiger partial charge on any atom is -0.462 e. The van der Waals surface area contributed by atoms with Crippen LogP contribution in [0.1, 0.15) is 47.4 Å². The van der Waals surface area contributed by atoms with Crippen LogP contribution >= 0.6 is 0 Å². The molecule has 2 amide bonds. The van der Waals surface area contributed by atoms with Crippen LogP contribution in [0.5, 0.6) is 0 Å². The number of imide groups is 1. The molecule has 6 nitrogen and oxygen atoms in total. The third-order valence-corrected chi connectivity index (χ3v) is 3.74. The highest BCUT2D eigenvalue weighted by molar-refractivity contribution is 6.21. The first-order chi connectivity index (χ1) is 10.5. The van der Waals surface area contributed by atoms with Gasteiger partial charge in [-0.1, -0.05) is 19.1 Å². The second-order valence-corrected chi connectivity index (χ2v) is 5.36. The predicted octanol–water partition coefficient (Wildman–Crippen LogP) is 1.34. The molecule has 0 saturated carbocycles. The summed E-state index contributed by atoms with van der Waals surface area (Å²) in [6, 6.07) is 5.81. The summed E-state index contributed by atoms with van der Waals surface area (Å²) in [5.41, 5.74) is 6.55. The Morgan fingerprint density at radius 3 is 2.27 bits per heavy atom. The van der Waals surface area contributed by atoms with E-state index in [0.717, 1.165) is 4.90 Å². The average molecular weight is 304 g/mol. The van der Waals surface area contributed by atoms with Crippen molar-refractivity contribution >= 4 is 17.8 Å². The van der Waals surface area contributed by atoms with Gasteiger partial charge in [0.15, 0.2) is 0 Å². The van der Waals surface area contributed by atoms with Crippen molar-refractivity contribution in [1.29, 1.82) is 0 Å². The van der Waals surface area contributed by atoms with Crippen molar-refractivity contribution in [3.8, 4) is 0 Å².